The van der Waals surface area contributed by atoms with Crippen molar-refractivity contribution in [2.45, 2.75) is 31.7 Å². The highest BCUT2D eigenvalue weighted by molar-refractivity contribution is 7.92. The predicted molar refractivity (Wildman–Crippen MR) is 134 cm³/mol. The molecule has 2 atom stereocenters. The van der Waals surface area contributed by atoms with Crippen LogP contribution in [0.2, 0.25) is 0 Å². The molecule has 35 heavy (non-hydrogen) atoms. The van der Waals surface area contributed by atoms with Crippen molar-refractivity contribution >= 4 is 38.6 Å². The lowest BCUT2D eigenvalue weighted by atomic mass is 9.91. The number of carbonyl (C=O) groups excluding carboxylic acids is 1. The second kappa shape index (κ2) is 10.3. The van der Waals surface area contributed by atoms with Crippen LogP contribution in [0.15, 0.2) is 58.8 Å². The molecule has 0 bridgehead atoms. The van der Waals surface area contributed by atoms with Gasteiger partial charge in [-0.1, -0.05) is 19.9 Å². The number of piperidine rings is 1. The second-order valence-corrected chi connectivity index (χ2v) is 11.7. The minimum Gasteiger partial charge on any atom is -0.379 e. The summed E-state index contributed by atoms with van der Waals surface area (Å²) >= 11 is 1.51. The van der Waals surface area contributed by atoms with Crippen molar-refractivity contribution in [1.82, 2.24) is 4.90 Å². The molecule has 1 fully saturated rings. The van der Waals surface area contributed by atoms with Crippen LogP contribution in [-0.4, -0.2) is 32.3 Å². The van der Waals surface area contributed by atoms with E-state index in [0.29, 0.717) is 31.5 Å². The number of nitrogens with one attached hydrogen (secondary N) is 2. The number of benzene rings is 2. The molecule has 6 nitrogen and oxygen atoms in total. The molecule has 2 heterocycles. The Labute approximate surface area is 208 Å². The molecule has 186 valence electrons. The molecule has 2 aromatic carbocycles. The van der Waals surface area contributed by atoms with Crippen molar-refractivity contribution in [2.24, 2.45) is 11.8 Å². The monoisotopic (exact) mass is 519 g/mol. The topological polar surface area (TPSA) is 78.5 Å². The smallest absolute Gasteiger partial charge is 0.264 e. The standard InChI is InChI=1S/C25H27F2N3O3S2/c1-16-10-17(2)15-30(14-16)25(31)18-5-8-22(28-13-20-4-3-9-34-20)24(11-18)35(32,33)29-23-12-19(26)6-7-21(23)27/h3-9,11-12,16-17,28-29H,10,13-15H2,1-2H3/t16-,17+. The number of sulfonamides is 1. The summed E-state index contributed by atoms with van der Waals surface area (Å²) < 4.78 is 56.7. The fourth-order valence-electron chi connectivity index (χ4n) is 4.41. The molecule has 1 aliphatic rings. The van der Waals surface area contributed by atoms with Gasteiger partial charge in [-0.15, -0.1) is 11.3 Å². The fourth-order valence-corrected chi connectivity index (χ4v) is 6.32. The van der Waals surface area contributed by atoms with Gasteiger partial charge < -0.3 is 10.2 Å². The predicted octanol–water partition coefficient (Wildman–Crippen LogP) is 5.56. The Morgan fingerprint density at radius 3 is 2.49 bits per heavy atom. The van der Waals surface area contributed by atoms with Gasteiger partial charge in [0.1, 0.15) is 16.5 Å². The van der Waals surface area contributed by atoms with Crippen LogP contribution in [0.4, 0.5) is 20.2 Å². The van der Waals surface area contributed by atoms with Gasteiger partial charge in [0.25, 0.3) is 15.9 Å². The van der Waals surface area contributed by atoms with Gasteiger partial charge in [0.15, 0.2) is 0 Å². The maximum absolute atomic E-state index is 14.2. The van der Waals surface area contributed by atoms with Gasteiger partial charge in [0, 0.05) is 36.1 Å². The summed E-state index contributed by atoms with van der Waals surface area (Å²) in [5, 5.41) is 5.00. The summed E-state index contributed by atoms with van der Waals surface area (Å²) in [7, 11) is -4.37. The number of amides is 1. The lowest BCUT2D eigenvalue weighted by Gasteiger charge is -2.35. The Morgan fingerprint density at radius 1 is 1.06 bits per heavy atom. The molecule has 10 heteroatoms. The van der Waals surface area contributed by atoms with Crippen LogP contribution in [0.3, 0.4) is 0 Å². The van der Waals surface area contributed by atoms with Crippen LogP contribution in [0.25, 0.3) is 0 Å². The molecule has 2 N–H and O–H groups in total. The van der Waals surface area contributed by atoms with E-state index in [0.717, 1.165) is 29.5 Å². The van der Waals surface area contributed by atoms with E-state index in [-0.39, 0.29) is 22.1 Å². The number of carbonyl (C=O) groups is 1. The van der Waals surface area contributed by atoms with Gasteiger partial charge in [-0.25, -0.2) is 17.2 Å². The van der Waals surface area contributed by atoms with E-state index in [1.807, 2.05) is 17.5 Å². The fraction of sp³-hybridized carbons (Fsp3) is 0.320. The van der Waals surface area contributed by atoms with Crippen LogP contribution in [0.1, 0.15) is 35.5 Å². The highest BCUT2D eigenvalue weighted by Gasteiger charge is 2.28. The van der Waals surface area contributed by atoms with Gasteiger partial charge in [-0.05, 0) is 60.0 Å². The van der Waals surface area contributed by atoms with E-state index in [1.54, 1.807) is 11.0 Å². The largest absolute Gasteiger partial charge is 0.379 e. The van der Waals surface area contributed by atoms with E-state index in [4.69, 9.17) is 0 Å². The lowest BCUT2D eigenvalue weighted by Crippen LogP contribution is -2.42. The third kappa shape index (κ3) is 5.99. The third-order valence-electron chi connectivity index (χ3n) is 5.88. The first-order valence-electron chi connectivity index (χ1n) is 11.3. The van der Waals surface area contributed by atoms with Crippen LogP contribution in [0, 0.1) is 23.5 Å². The number of nitrogens with zero attached hydrogens (tertiary/aromatic N) is 1. The summed E-state index contributed by atoms with van der Waals surface area (Å²) in [5.74, 6) is -1.27. The Morgan fingerprint density at radius 2 is 1.80 bits per heavy atom. The van der Waals surface area contributed by atoms with Crippen molar-refractivity contribution in [2.75, 3.05) is 23.1 Å². The number of likely N-dealkylation sites (tertiary alicyclic amines) is 1. The van der Waals surface area contributed by atoms with E-state index >= 15 is 0 Å². The van der Waals surface area contributed by atoms with Crippen LogP contribution >= 0.6 is 11.3 Å². The average molecular weight is 520 g/mol. The van der Waals surface area contributed by atoms with Crippen LogP contribution < -0.4 is 10.0 Å². The molecule has 0 unspecified atom stereocenters. The highest BCUT2D eigenvalue weighted by atomic mass is 32.2. The number of hydrogen-bond donors (Lipinski definition) is 2. The summed E-state index contributed by atoms with van der Waals surface area (Å²) in [5.41, 5.74) is -0.0441. The van der Waals surface area contributed by atoms with Gasteiger partial charge in [0.05, 0.1) is 11.4 Å². The van der Waals surface area contributed by atoms with E-state index < -0.39 is 27.3 Å². The lowest BCUT2D eigenvalue weighted by molar-refractivity contribution is 0.0623. The maximum Gasteiger partial charge on any atom is 0.264 e. The molecule has 3 aromatic rings. The number of anilines is 2. The molecule has 1 saturated heterocycles. The zero-order chi connectivity index (χ0) is 25.2. The first kappa shape index (κ1) is 25.1. The van der Waals surface area contributed by atoms with Crippen LogP contribution in [-0.2, 0) is 16.6 Å². The Balaban J connectivity index is 1.69. The number of rotatable bonds is 7. The quantitative estimate of drug-likeness (QED) is 0.429. The van der Waals surface area contributed by atoms with Crippen molar-refractivity contribution < 1.29 is 22.0 Å². The minimum atomic E-state index is -4.37. The van der Waals surface area contributed by atoms with Crippen molar-refractivity contribution in [3.8, 4) is 0 Å². The Bertz CT molecular complexity index is 1300. The molecule has 0 spiro atoms. The van der Waals surface area contributed by atoms with E-state index in [2.05, 4.69) is 23.9 Å². The average Bonchev–Trinajstić information content (AvgIpc) is 3.32. The zero-order valence-electron chi connectivity index (χ0n) is 19.4. The van der Waals surface area contributed by atoms with Gasteiger partial charge in [0.2, 0.25) is 0 Å². The van der Waals surface area contributed by atoms with Gasteiger partial charge in [-0.2, -0.15) is 0 Å². The molecule has 0 radical (unpaired) electrons. The molecule has 1 aliphatic heterocycles. The van der Waals surface area contributed by atoms with E-state index in [1.165, 1.54) is 23.5 Å². The number of halogens is 2. The summed E-state index contributed by atoms with van der Waals surface area (Å²) in [6.07, 6.45) is 1.03. The van der Waals surface area contributed by atoms with Crippen molar-refractivity contribution in [1.29, 1.82) is 0 Å². The van der Waals surface area contributed by atoms with Gasteiger partial charge in [-0.3, -0.25) is 9.52 Å². The Kier molecular flexibility index (Phi) is 7.42. The maximum atomic E-state index is 14.2. The molecule has 0 aliphatic carbocycles. The van der Waals surface area contributed by atoms with Crippen LogP contribution in [0.5, 0.6) is 0 Å². The minimum absolute atomic E-state index is 0.216. The molecule has 4 rings (SSSR count). The van der Waals surface area contributed by atoms with Gasteiger partial charge >= 0.3 is 0 Å². The molecule has 0 saturated carbocycles. The molecular weight excluding hydrogens is 492 g/mol. The van der Waals surface area contributed by atoms with Crippen molar-refractivity contribution in [3.05, 3.63) is 76.0 Å². The summed E-state index contributed by atoms with van der Waals surface area (Å²) in [6.45, 7) is 5.72. The summed E-state index contributed by atoms with van der Waals surface area (Å²) in [6, 6.07) is 10.7. The first-order chi connectivity index (χ1) is 16.6. The number of hydrogen-bond acceptors (Lipinski definition) is 5. The first-order valence-corrected chi connectivity index (χ1v) is 13.7. The third-order valence-corrected chi connectivity index (χ3v) is 8.16. The highest BCUT2D eigenvalue weighted by Crippen LogP contribution is 2.29. The SMILES string of the molecule is C[C@@H]1C[C@H](C)CN(C(=O)c2ccc(NCc3cccs3)c(S(=O)(=O)Nc3cc(F)ccc3F)c2)C1. The molecule has 1 aromatic heterocycles. The molecular formula is C25H27F2N3O3S2. The van der Waals surface area contributed by atoms with Crippen molar-refractivity contribution in [3.63, 3.8) is 0 Å². The number of thiophene rings is 1. The Hall–Kier alpha value is -2.98. The summed E-state index contributed by atoms with van der Waals surface area (Å²) in [4.78, 5) is 15.8. The normalized spacial score (nSPS) is 18.3. The van der Waals surface area contributed by atoms with E-state index in [9.17, 15) is 22.0 Å². The molecule has 1 amide bonds. The zero-order valence-corrected chi connectivity index (χ0v) is 21.1. The second-order valence-electron chi connectivity index (χ2n) is 9.03.